The molecule has 0 bridgehead atoms. The van der Waals surface area contributed by atoms with Gasteiger partial charge in [0.25, 0.3) is 0 Å². The summed E-state index contributed by atoms with van der Waals surface area (Å²) in [4.78, 5) is 26.9. The Hall–Kier alpha value is -4.26. The monoisotopic (exact) mass is 459 g/mol. The Morgan fingerprint density at radius 3 is 2.26 bits per heavy atom. The van der Waals surface area contributed by atoms with E-state index in [1.165, 1.54) is 0 Å². The quantitative estimate of drug-likeness (QED) is 0.372. The van der Waals surface area contributed by atoms with E-state index in [1.54, 1.807) is 18.6 Å². The smallest absolute Gasteiger partial charge is 0.159 e. The maximum atomic E-state index is 13.0. The average molecular weight is 460 g/mol. The molecule has 0 aliphatic heterocycles. The van der Waals surface area contributed by atoms with Gasteiger partial charge in [0.05, 0.1) is 29.4 Å². The molecule has 6 nitrogen and oxygen atoms in total. The zero-order valence-electron chi connectivity index (χ0n) is 19.1. The van der Waals surface area contributed by atoms with E-state index in [-0.39, 0.29) is 12.3 Å². The van der Waals surface area contributed by atoms with E-state index in [0.717, 1.165) is 44.4 Å². The number of Topliss-reactive ketones (excluding diaryl/α,β-unsaturated/α-hetero) is 1. The minimum Gasteiger partial charge on any atom is -0.326 e. The van der Waals surface area contributed by atoms with Crippen LogP contribution < -0.4 is 11.5 Å². The Morgan fingerprint density at radius 2 is 1.57 bits per heavy atom. The first-order valence-corrected chi connectivity index (χ1v) is 11.5. The Kier molecular flexibility index (Phi) is 6.39. The predicted octanol–water partition coefficient (Wildman–Crippen LogP) is 4.48. The first-order valence-electron chi connectivity index (χ1n) is 11.5. The molecule has 0 saturated heterocycles. The Balaban J connectivity index is 1.77. The lowest BCUT2D eigenvalue weighted by Crippen LogP contribution is -2.23. The molecule has 0 aliphatic rings. The molecule has 0 amide bonds. The molecule has 5 aromatic rings. The van der Waals surface area contributed by atoms with Crippen LogP contribution in [0.5, 0.6) is 0 Å². The van der Waals surface area contributed by atoms with Crippen LogP contribution in [0.2, 0.25) is 0 Å². The molecule has 3 heterocycles. The van der Waals surface area contributed by atoms with Gasteiger partial charge in [-0.3, -0.25) is 14.8 Å². The zero-order valence-corrected chi connectivity index (χ0v) is 19.1. The summed E-state index contributed by atoms with van der Waals surface area (Å²) >= 11 is 0. The highest BCUT2D eigenvalue weighted by Crippen LogP contribution is 2.36. The van der Waals surface area contributed by atoms with Gasteiger partial charge in [0.2, 0.25) is 0 Å². The first kappa shape index (κ1) is 22.5. The second-order valence-corrected chi connectivity index (χ2v) is 8.30. The molecule has 3 aromatic heterocycles. The van der Waals surface area contributed by atoms with Gasteiger partial charge in [-0.2, -0.15) is 0 Å². The van der Waals surface area contributed by atoms with Crippen molar-refractivity contribution >= 4 is 16.7 Å². The van der Waals surface area contributed by atoms with Gasteiger partial charge in [-0.1, -0.05) is 54.6 Å². The molecule has 6 heteroatoms. The largest absolute Gasteiger partial charge is 0.326 e. The van der Waals surface area contributed by atoms with E-state index in [0.29, 0.717) is 12.2 Å². The highest BCUT2D eigenvalue weighted by molar-refractivity contribution is 5.98. The number of carbonyl (C=O) groups is 1. The van der Waals surface area contributed by atoms with Gasteiger partial charge in [-0.15, -0.1) is 0 Å². The van der Waals surface area contributed by atoms with E-state index in [4.69, 9.17) is 16.5 Å². The number of carbonyl (C=O) groups excluding carboxylic acids is 1. The van der Waals surface area contributed by atoms with E-state index in [2.05, 4.69) is 28.2 Å². The lowest BCUT2D eigenvalue weighted by Gasteiger charge is -2.18. The SMILES string of the molecule is NCC(=O)C(c1ccncc1)c1nccc2nc(-c3ccc(CN)cc3)c(-c3ccccc3)cc12. The fourth-order valence-corrected chi connectivity index (χ4v) is 4.37. The van der Waals surface area contributed by atoms with Crippen LogP contribution in [0.1, 0.15) is 22.7 Å². The van der Waals surface area contributed by atoms with Crippen LogP contribution in [-0.4, -0.2) is 27.3 Å². The Labute approximate surface area is 203 Å². The van der Waals surface area contributed by atoms with Gasteiger partial charge in [-0.25, -0.2) is 4.98 Å². The topological polar surface area (TPSA) is 108 Å². The minimum atomic E-state index is -0.605. The summed E-state index contributed by atoms with van der Waals surface area (Å²) in [6.07, 6.45) is 5.05. The average Bonchev–Trinajstić information content (AvgIpc) is 2.93. The summed E-state index contributed by atoms with van der Waals surface area (Å²) in [6.45, 7) is 0.396. The standard InChI is InChI=1S/C29H25N5O/c30-17-19-6-8-22(9-7-19)28-23(20-4-2-1-3-5-20)16-24-25(34-28)12-15-33-29(24)27(26(35)18-31)21-10-13-32-14-11-21/h1-16,27H,17-18,30-31H2. The lowest BCUT2D eigenvalue weighted by atomic mass is 9.88. The summed E-state index contributed by atoms with van der Waals surface area (Å²) in [6, 6.07) is 25.9. The third kappa shape index (κ3) is 4.45. The van der Waals surface area contributed by atoms with Crippen molar-refractivity contribution in [2.75, 3.05) is 6.54 Å². The van der Waals surface area contributed by atoms with Crippen molar-refractivity contribution in [2.24, 2.45) is 11.5 Å². The van der Waals surface area contributed by atoms with Gasteiger partial charge < -0.3 is 11.5 Å². The van der Waals surface area contributed by atoms with E-state index in [9.17, 15) is 4.79 Å². The molecule has 0 fully saturated rings. The molecule has 1 unspecified atom stereocenters. The highest BCUT2D eigenvalue weighted by atomic mass is 16.1. The number of rotatable bonds is 7. The number of nitrogens with two attached hydrogens (primary N) is 2. The van der Waals surface area contributed by atoms with Crippen LogP contribution >= 0.6 is 0 Å². The van der Waals surface area contributed by atoms with Crippen LogP contribution in [0.3, 0.4) is 0 Å². The molecule has 35 heavy (non-hydrogen) atoms. The van der Waals surface area contributed by atoms with Crippen molar-refractivity contribution in [1.82, 2.24) is 15.0 Å². The molecule has 0 saturated carbocycles. The number of pyridine rings is 3. The molecular formula is C29H25N5O. The van der Waals surface area contributed by atoms with Crippen LogP contribution in [0, 0.1) is 0 Å². The summed E-state index contributed by atoms with van der Waals surface area (Å²) < 4.78 is 0. The number of aromatic nitrogens is 3. The fraction of sp³-hybridized carbons (Fsp3) is 0.103. The van der Waals surface area contributed by atoms with Gasteiger partial charge in [0, 0.05) is 41.6 Å². The minimum absolute atomic E-state index is 0.0877. The summed E-state index contributed by atoms with van der Waals surface area (Å²) in [5.74, 6) is -0.717. The van der Waals surface area contributed by atoms with Gasteiger partial charge in [-0.05, 0) is 41.0 Å². The molecule has 5 rings (SSSR count). The first-order chi connectivity index (χ1) is 17.2. The number of hydrogen-bond donors (Lipinski definition) is 2. The maximum Gasteiger partial charge on any atom is 0.159 e. The van der Waals surface area contributed by atoms with Crippen LogP contribution in [-0.2, 0) is 11.3 Å². The van der Waals surface area contributed by atoms with Gasteiger partial charge in [0.15, 0.2) is 5.78 Å². The summed E-state index contributed by atoms with van der Waals surface area (Å²) in [5.41, 5.74) is 18.7. The van der Waals surface area contributed by atoms with Crippen molar-refractivity contribution in [2.45, 2.75) is 12.5 Å². The number of hydrogen-bond acceptors (Lipinski definition) is 6. The molecule has 0 spiro atoms. The fourth-order valence-electron chi connectivity index (χ4n) is 4.37. The molecule has 4 N–H and O–H groups in total. The lowest BCUT2D eigenvalue weighted by molar-refractivity contribution is -0.118. The molecule has 0 radical (unpaired) electrons. The predicted molar refractivity (Wildman–Crippen MR) is 138 cm³/mol. The van der Waals surface area contributed by atoms with Gasteiger partial charge in [0.1, 0.15) is 0 Å². The molecular weight excluding hydrogens is 434 g/mol. The number of fused-ring (bicyclic) bond motifs is 1. The van der Waals surface area contributed by atoms with Crippen LogP contribution in [0.25, 0.3) is 33.3 Å². The van der Waals surface area contributed by atoms with Crippen molar-refractivity contribution in [3.8, 4) is 22.4 Å². The summed E-state index contributed by atoms with van der Waals surface area (Å²) in [5, 5.41) is 0.817. The molecule has 0 aliphatic carbocycles. The maximum absolute atomic E-state index is 13.0. The van der Waals surface area contributed by atoms with E-state index < -0.39 is 5.92 Å². The number of ketones is 1. The van der Waals surface area contributed by atoms with Crippen molar-refractivity contribution in [3.05, 3.63) is 114 Å². The van der Waals surface area contributed by atoms with Crippen molar-refractivity contribution in [3.63, 3.8) is 0 Å². The zero-order chi connectivity index (χ0) is 24.2. The molecule has 2 aromatic carbocycles. The second kappa shape index (κ2) is 9.93. The number of nitrogens with zero attached hydrogens (tertiary/aromatic N) is 3. The summed E-state index contributed by atoms with van der Waals surface area (Å²) in [7, 11) is 0. The van der Waals surface area contributed by atoms with E-state index >= 15 is 0 Å². The Morgan fingerprint density at radius 1 is 0.829 bits per heavy atom. The third-order valence-corrected chi connectivity index (χ3v) is 6.16. The van der Waals surface area contributed by atoms with Crippen LogP contribution in [0.15, 0.2) is 97.5 Å². The Bertz CT molecular complexity index is 1470. The van der Waals surface area contributed by atoms with Crippen LogP contribution in [0.4, 0.5) is 0 Å². The van der Waals surface area contributed by atoms with Crippen molar-refractivity contribution < 1.29 is 4.79 Å². The van der Waals surface area contributed by atoms with Crippen molar-refractivity contribution in [1.29, 1.82) is 0 Å². The molecule has 1 atom stereocenters. The third-order valence-electron chi connectivity index (χ3n) is 6.16. The van der Waals surface area contributed by atoms with Gasteiger partial charge >= 0.3 is 0 Å². The molecule has 172 valence electrons. The second-order valence-electron chi connectivity index (χ2n) is 8.30. The highest BCUT2D eigenvalue weighted by Gasteiger charge is 2.26. The normalized spacial score (nSPS) is 11.9. The van der Waals surface area contributed by atoms with E-state index in [1.807, 2.05) is 60.7 Å². The number of benzene rings is 2.